The Morgan fingerprint density at radius 1 is 1.50 bits per heavy atom. The normalized spacial score (nSPS) is 15.1. The molecule has 0 aliphatic heterocycles. The third kappa shape index (κ3) is 5.36. The molecule has 0 spiro atoms. The van der Waals surface area contributed by atoms with Crippen LogP contribution in [0.4, 0.5) is 0 Å². The van der Waals surface area contributed by atoms with E-state index in [4.69, 9.17) is 10.5 Å². The highest BCUT2D eigenvalue weighted by atomic mass is 35.5. The summed E-state index contributed by atoms with van der Waals surface area (Å²) < 4.78 is 5.68. The number of nitrogens with zero attached hydrogens (tertiary/aromatic N) is 1. The van der Waals surface area contributed by atoms with Crippen LogP contribution in [0.15, 0.2) is 5.38 Å². The average Bonchev–Trinajstić information content (AvgIpc) is 3.06. The van der Waals surface area contributed by atoms with Crippen molar-refractivity contribution in [3.63, 3.8) is 0 Å². The van der Waals surface area contributed by atoms with E-state index < -0.39 is 0 Å². The summed E-state index contributed by atoms with van der Waals surface area (Å²) in [6.45, 7) is 1.68. The van der Waals surface area contributed by atoms with Crippen molar-refractivity contribution in [1.29, 1.82) is 0 Å². The minimum atomic E-state index is -0.130. The molecule has 7 heteroatoms. The molecule has 1 aliphatic rings. The standard InChI is InChI=1S/C13H21N3O2S.ClH/c14-6-5-12-16-11(9-19-12)13(17)15-7-8-18-10-3-1-2-4-10;/h9-10H,1-8,14H2,(H,15,17);1H. The maximum absolute atomic E-state index is 11.8. The van der Waals surface area contributed by atoms with Gasteiger partial charge in [-0.3, -0.25) is 4.79 Å². The molecule has 0 aromatic carbocycles. The van der Waals surface area contributed by atoms with Crippen LogP contribution in [-0.4, -0.2) is 36.7 Å². The predicted octanol–water partition coefficient (Wildman–Crippen LogP) is 1.76. The molecule has 1 aromatic heterocycles. The molecular formula is C13H22ClN3O2S. The van der Waals surface area contributed by atoms with E-state index in [9.17, 15) is 4.79 Å². The van der Waals surface area contributed by atoms with Crippen LogP contribution >= 0.6 is 23.7 Å². The van der Waals surface area contributed by atoms with Gasteiger partial charge in [-0.05, 0) is 19.4 Å². The van der Waals surface area contributed by atoms with Crippen LogP contribution in [0.25, 0.3) is 0 Å². The molecule has 1 amide bonds. The van der Waals surface area contributed by atoms with Gasteiger partial charge >= 0.3 is 0 Å². The molecule has 5 nitrogen and oxygen atoms in total. The van der Waals surface area contributed by atoms with E-state index in [0.717, 1.165) is 24.3 Å². The lowest BCUT2D eigenvalue weighted by molar-refractivity contribution is 0.0581. The van der Waals surface area contributed by atoms with E-state index >= 15 is 0 Å². The molecule has 0 bridgehead atoms. The number of aromatic nitrogens is 1. The molecule has 3 N–H and O–H groups in total. The highest BCUT2D eigenvalue weighted by Crippen LogP contribution is 2.20. The molecule has 2 rings (SSSR count). The Kier molecular flexibility index (Phi) is 8.06. The van der Waals surface area contributed by atoms with Crippen molar-refractivity contribution in [3.05, 3.63) is 16.1 Å². The smallest absolute Gasteiger partial charge is 0.270 e. The van der Waals surface area contributed by atoms with E-state index in [1.807, 2.05) is 0 Å². The van der Waals surface area contributed by atoms with Crippen LogP contribution in [0, 0.1) is 0 Å². The number of rotatable bonds is 7. The van der Waals surface area contributed by atoms with Crippen LogP contribution in [0.1, 0.15) is 41.2 Å². The third-order valence-corrected chi connectivity index (χ3v) is 4.09. The number of carbonyl (C=O) groups is 1. The molecule has 0 radical (unpaired) electrons. The van der Waals surface area contributed by atoms with Crippen LogP contribution in [0.2, 0.25) is 0 Å². The third-order valence-electron chi connectivity index (χ3n) is 3.19. The second-order valence-corrected chi connectivity index (χ2v) is 5.64. The van der Waals surface area contributed by atoms with Gasteiger partial charge in [-0.15, -0.1) is 23.7 Å². The van der Waals surface area contributed by atoms with Crippen LogP contribution in [0.5, 0.6) is 0 Å². The molecule has 1 fully saturated rings. The molecule has 0 atom stereocenters. The fourth-order valence-corrected chi connectivity index (χ4v) is 2.98. The van der Waals surface area contributed by atoms with Crippen molar-refractivity contribution >= 4 is 29.7 Å². The quantitative estimate of drug-likeness (QED) is 0.751. The fourth-order valence-electron chi connectivity index (χ4n) is 2.19. The van der Waals surface area contributed by atoms with Gasteiger partial charge in [0, 0.05) is 18.3 Å². The van der Waals surface area contributed by atoms with Gasteiger partial charge in [0.25, 0.3) is 5.91 Å². The van der Waals surface area contributed by atoms with E-state index in [-0.39, 0.29) is 18.3 Å². The monoisotopic (exact) mass is 319 g/mol. The highest BCUT2D eigenvalue weighted by molar-refractivity contribution is 7.09. The topological polar surface area (TPSA) is 77.2 Å². The predicted molar refractivity (Wildman–Crippen MR) is 82.7 cm³/mol. The zero-order valence-corrected chi connectivity index (χ0v) is 13.1. The number of amides is 1. The lowest BCUT2D eigenvalue weighted by atomic mass is 10.3. The maximum Gasteiger partial charge on any atom is 0.270 e. The summed E-state index contributed by atoms with van der Waals surface area (Å²) in [4.78, 5) is 16.0. The lowest BCUT2D eigenvalue weighted by Crippen LogP contribution is -2.28. The second-order valence-electron chi connectivity index (χ2n) is 4.70. The molecule has 1 heterocycles. The summed E-state index contributed by atoms with van der Waals surface area (Å²) in [5, 5.41) is 5.52. The first-order valence-electron chi connectivity index (χ1n) is 6.84. The van der Waals surface area contributed by atoms with Crippen molar-refractivity contribution in [3.8, 4) is 0 Å². The number of hydrogen-bond donors (Lipinski definition) is 2. The van der Waals surface area contributed by atoms with Crippen LogP contribution < -0.4 is 11.1 Å². The number of hydrogen-bond acceptors (Lipinski definition) is 5. The van der Waals surface area contributed by atoms with Crippen molar-refractivity contribution in [1.82, 2.24) is 10.3 Å². The lowest BCUT2D eigenvalue weighted by Gasteiger charge is -2.10. The largest absolute Gasteiger partial charge is 0.376 e. The van der Waals surface area contributed by atoms with Crippen molar-refractivity contribution < 1.29 is 9.53 Å². The SMILES string of the molecule is Cl.NCCc1nc(C(=O)NCCOC2CCCC2)cs1. The van der Waals surface area contributed by atoms with Crippen LogP contribution in [-0.2, 0) is 11.2 Å². The van der Waals surface area contributed by atoms with Gasteiger partial charge in [0.05, 0.1) is 17.7 Å². The average molecular weight is 320 g/mol. The summed E-state index contributed by atoms with van der Waals surface area (Å²) in [7, 11) is 0. The Hall–Kier alpha value is -0.690. The van der Waals surface area contributed by atoms with Gasteiger partial charge in [0.2, 0.25) is 0 Å². The molecule has 114 valence electrons. The van der Waals surface area contributed by atoms with E-state index in [1.54, 1.807) is 5.38 Å². The van der Waals surface area contributed by atoms with E-state index in [1.165, 1.54) is 24.2 Å². The summed E-state index contributed by atoms with van der Waals surface area (Å²) >= 11 is 1.48. The van der Waals surface area contributed by atoms with Gasteiger partial charge in [0.15, 0.2) is 0 Å². The zero-order valence-electron chi connectivity index (χ0n) is 11.5. The van der Waals surface area contributed by atoms with Crippen LogP contribution in [0.3, 0.4) is 0 Å². The van der Waals surface area contributed by atoms with Gasteiger partial charge in [-0.25, -0.2) is 4.98 Å². The first-order chi connectivity index (χ1) is 9.29. The number of nitrogens with one attached hydrogen (secondary N) is 1. The van der Waals surface area contributed by atoms with Crippen molar-refractivity contribution in [2.45, 2.75) is 38.2 Å². The Labute approximate surface area is 129 Å². The molecule has 1 saturated carbocycles. The van der Waals surface area contributed by atoms with E-state index in [2.05, 4.69) is 10.3 Å². The number of thiazole rings is 1. The molecule has 0 unspecified atom stereocenters. The van der Waals surface area contributed by atoms with Gasteiger partial charge in [0.1, 0.15) is 5.69 Å². The summed E-state index contributed by atoms with van der Waals surface area (Å²) in [6, 6.07) is 0. The number of halogens is 1. The molecule has 20 heavy (non-hydrogen) atoms. The first kappa shape index (κ1) is 17.4. The summed E-state index contributed by atoms with van der Waals surface area (Å²) in [5.74, 6) is -0.130. The Morgan fingerprint density at radius 3 is 2.95 bits per heavy atom. The number of nitrogens with two attached hydrogens (primary N) is 1. The van der Waals surface area contributed by atoms with E-state index in [0.29, 0.717) is 31.5 Å². The Balaban J connectivity index is 0.00000200. The van der Waals surface area contributed by atoms with Crippen molar-refractivity contribution in [2.24, 2.45) is 5.73 Å². The van der Waals surface area contributed by atoms with Gasteiger partial charge in [-0.1, -0.05) is 12.8 Å². The molecule has 0 saturated heterocycles. The molecule has 1 aliphatic carbocycles. The summed E-state index contributed by atoms with van der Waals surface area (Å²) in [5.41, 5.74) is 5.93. The highest BCUT2D eigenvalue weighted by Gasteiger charge is 2.15. The zero-order chi connectivity index (χ0) is 13.5. The minimum Gasteiger partial charge on any atom is -0.376 e. The number of ether oxygens (including phenoxy) is 1. The molecule has 1 aromatic rings. The molecular weight excluding hydrogens is 298 g/mol. The number of carbonyl (C=O) groups excluding carboxylic acids is 1. The van der Waals surface area contributed by atoms with Gasteiger partial charge < -0.3 is 15.8 Å². The first-order valence-corrected chi connectivity index (χ1v) is 7.72. The fraction of sp³-hybridized carbons (Fsp3) is 0.692. The van der Waals surface area contributed by atoms with Crippen molar-refractivity contribution in [2.75, 3.05) is 19.7 Å². The Bertz CT molecular complexity index is 408. The maximum atomic E-state index is 11.8. The summed E-state index contributed by atoms with van der Waals surface area (Å²) in [6.07, 6.45) is 5.96. The minimum absolute atomic E-state index is 0. The second kappa shape index (κ2) is 9.28. The van der Waals surface area contributed by atoms with Gasteiger partial charge in [-0.2, -0.15) is 0 Å². The Morgan fingerprint density at radius 2 is 2.25 bits per heavy atom.